The average molecular weight is 536 g/mol. The van der Waals surface area contributed by atoms with Gasteiger partial charge in [0.2, 0.25) is 5.91 Å². The Morgan fingerprint density at radius 2 is 2.10 bits per heavy atom. The van der Waals surface area contributed by atoms with Gasteiger partial charge in [0.25, 0.3) is 0 Å². The molecule has 9 heteroatoms. The fourth-order valence-electron chi connectivity index (χ4n) is 2.99. The van der Waals surface area contributed by atoms with Crippen LogP contribution in [0.1, 0.15) is 38.3 Å². The fraction of sp³-hybridized carbons (Fsp3) is 0.524. The Bertz CT molecular complexity index is 799. The SMILES string of the molecule is CCNC(=NCC#Cc1cccc(C(F)(F)F)c1)NC1CCN(C(=O)C(C)C)C1.I. The Morgan fingerprint density at radius 1 is 1.37 bits per heavy atom. The lowest BCUT2D eigenvalue weighted by Crippen LogP contribution is -2.45. The molecular weight excluding hydrogens is 508 g/mol. The molecule has 1 amide bonds. The highest BCUT2D eigenvalue weighted by Gasteiger charge is 2.30. The molecule has 0 saturated carbocycles. The number of halogens is 4. The first-order valence-corrected chi connectivity index (χ1v) is 9.70. The van der Waals surface area contributed by atoms with Gasteiger partial charge >= 0.3 is 6.18 Å². The second-order valence-electron chi connectivity index (χ2n) is 7.14. The van der Waals surface area contributed by atoms with E-state index in [-0.39, 0.29) is 48.4 Å². The Morgan fingerprint density at radius 3 is 2.73 bits per heavy atom. The van der Waals surface area contributed by atoms with E-state index in [1.807, 2.05) is 25.7 Å². The molecule has 1 heterocycles. The first kappa shape index (κ1) is 26.1. The molecule has 1 unspecified atom stereocenters. The average Bonchev–Trinajstić information content (AvgIpc) is 3.12. The molecule has 0 aliphatic carbocycles. The maximum absolute atomic E-state index is 12.8. The van der Waals surface area contributed by atoms with Crippen molar-refractivity contribution in [2.45, 2.75) is 39.4 Å². The second-order valence-corrected chi connectivity index (χ2v) is 7.14. The van der Waals surface area contributed by atoms with Gasteiger partial charge in [0, 0.05) is 37.2 Å². The van der Waals surface area contributed by atoms with Gasteiger partial charge in [0.05, 0.1) is 5.56 Å². The number of likely N-dealkylation sites (tertiary alicyclic amines) is 1. The minimum atomic E-state index is -4.38. The van der Waals surface area contributed by atoms with E-state index in [0.717, 1.165) is 18.6 Å². The molecule has 2 N–H and O–H groups in total. The van der Waals surface area contributed by atoms with Crippen LogP contribution in [-0.4, -0.2) is 49.0 Å². The van der Waals surface area contributed by atoms with Gasteiger partial charge in [-0.2, -0.15) is 13.2 Å². The number of amides is 1. The maximum atomic E-state index is 12.8. The summed E-state index contributed by atoms with van der Waals surface area (Å²) in [6.07, 6.45) is -3.55. The van der Waals surface area contributed by atoms with E-state index in [4.69, 9.17) is 0 Å². The van der Waals surface area contributed by atoms with Crippen molar-refractivity contribution in [3.8, 4) is 11.8 Å². The quantitative estimate of drug-likeness (QED) is 0.268. The Hall–Kier alpha value is -1.96. The van der Waals surface area contributed by atoms with Crippen molar-refractivity contribution in [3.63, 3.8) is 0 Å². The van der Waals surface area contributed by atoms with Crippen LogP contribution in [0.3, 0.4) is 0 Å². The van der Waals surface area contributed by atoms with E-state index in [0.29, 0.717) is 31.2 Å². The summed E-state index contributed by atoms with van der Waals surface area (Å²) in [4.78, 5) is 18.3. The highest BCUT2D eigenvalue weighted by molar-refractivity contribution is 14.0. The highest BCUT2D eigenvalue weighted by atomic mass is 127. The molecule has 30 heavy (non-hydrogen) atoms. The summed E-state index contributed by atoms with van der Waals surface area (Å²) in [7, 11) is 0. The molecule has 1 atom stereocenters. The third-order valence-electron chi connectivity index (χ3n) is 4.42. The number of nitrogens with zero attached hydrogens (tertiary/aromatic N) is 2. The lowest BCUT2D eigenvalue weighted by molar-refractivity contribution is -0.137. The normalized spacial score (nSPS) is 16.6. The van der Waals surface area contributed by atoms with E-state index in [1.165, 1.54) is 12.1 Å². The zero-order valence-electron chi connectivity index (χ0n) is 17.3. The summed E-state index contributed by atoms with van der Waals surface area (Å²) in [5, 5.41) is 6.42. The number of aliphatic imine (C=N–C) groups is 1. The molecule has 1 saturated heterocycles. The highest BCUT2D eigenvalue weighted by Crippen LogP contribution is 2.29. The summed E-state index contributed by atoms with van der Waals surface area (Å²) in [6.45, 7) is 7.85. The minimum absolute atomic E-state index is 0. The molecule has 1 aliphatic rings. The topological polar surface area (TPSA) is 56.7 Å². The first-order chi connectivity index (χ1) is 13.7. The number of alkyl halides is 3. The first-order valence-electron chi connectivity index (χ1n) is 9.70. The van der Waals surface area contributed by atoms with E-state index in [2.05, 4.69) is 27.5 Å². The largest absolute Gasteiger partial charge is 0.416 e. The number of carbonyl (C=O) groups is 1. The number of hydrogen-bond acceptors (Lipinski definition) is 2. The van der Waals surface area contributed by atoms with Crippen LogP contribution in [0, 0.1) is 17.8 Å². The Balaban J connectivity index is 0.00000450. The zero-order chi connectivity index (χ0) is 21.4. The van der Waals surface area contributed by atoms with Crippen molar-refractivity contribution in [1.82, 2.24) is 15.5 Å². The summed E-state index contributed by atoms with van der Waals surface area (Å²) < 4.78 is 38.3. The van der Waals surface area contributed by atoms with Crippen LogP contribution in [0.2, 0.25) is 0 Å². The third kappa shape index (κ3) is 8.05. The number of rotatable bonds is 4. The van der Waals surface area contributed by atoms with Crippen molar-refractivity contribution in [3.05, 3.63) is 35.4 Å². The van der Waals surface area contributed by atoms with Crippen LogP contribution in [-0.2, 0) is 11.0 Å². The molecule has 1 aromatic carbocycles. The molecule has 2 rings (SSSR count). The number of nitrogens with one attached hydrogen (secondary N) is 2. The molecule has 0 aromatic heterocycles. The van der Waals surface area contributed by atoms with E-state index in [9.17, 15) is 18.0 Å². The predicted octanol–water partition coefficient (Wildman–Crippen LogP) is 3.49. The molecule has 1 aliphatic heterocycles. The van der Waals surface area contributed by atoms with Gasteiger partial charge in [-0.3, -0.25) is 4.79 Å². The Kier molecular flexibility index (Phi) is 10.5. The maximum Gasteiger partial charge on any atom is 0.416 e. The third-order valence-corrected chi connectivity index (χ3v) is 4.42. The van der Waals surface area contributed by atoms with Gasteiger partial charge < -0.3 is 15.5 Å². The lowest BCUT2D eigenvalue weighted by atomic mass is 10.1. The standard InChI is InChI=1S/C21H27F3N4O.HI/c1-4-25-20(27-18-10-12-28(14-18)19(29)15(2)3)26-11-6-8-16-7-5-9-17(13-16)21(22,23)24;/h5,7,9,13,15,18H,4,10-12,14H2,1-3H3,(H2,25,26,27);1H. The molecule has 1 fully saturated rings. The van der Waals surface area contributed by atoms with Gasteiger partial charge in [0.15, 0.2) is 5.96 Å². The number of guanidine groups is 1. The molecule has 0 bridgehead atoms. The van der Waals surface area contributed by atoms with Crippen LogP contribution >= 0.6 is 24.0 Å². The molecule has 1 aromatic rings. The van der Waals surface area contributed by atoms with Crippen molar-refractivity contribution in [2.75, 3.05) is 26.2 Å². The second kappa shape index (κ2) is 12.0. The zero-order valence-corrected chi connectivity index (χ0v) is 19.7. The molecule has 0 spiro atoms. The molecular formula is C21H28F3IN4O. The van der Waals surface area contributed by atoms with Gasteiger partial charge in [-0.25, -0.2) is 4.99 Å². The van der Waals surface area contributed by atoms with Crippen LogP contribution in [0.4, 0.5) is 13.2 Å². The fourth-order valence-corrected chi connectivity index (χ4v) is 2.99. The summed E-state index contributed by atoms with van der Waals surface area (Å²) in [5.74, 6) is 6.20. The van der Waals surface area contributed by atoms with E-state index >= 15 is 0 Å². The van der Waals surface area contributed by atoms with Crippen molar-refractivity contribution < 1.29 is 18.0 Å². The smallest absolute Gasteiger partial charge is 0.357 e. The monoisotopic (exact) mass is 536 g/mol. The predicted molar refractivity (Wildman–Crippen MR) is 123 cm³/mol. The van der Waals surface area contributed by atoms with Gasteiger partial charge in [-0.05, 0) is 31.5 Å². The van der Waals surface area contributed by atoms with Crippen LogP contribution < -0.4 is 10.6 Å². The number of benzene rings is 1. The van der Waals surface area contributed by atoms with Crippen LogP contribution in [0.15, 0.2) is 29.3 Å². The van der Waals surface area contributed by atoms with Crippen LogP contribution in [0.5, 0.6) is 0 Å². The number of hydrogen-bond donors (Lipinski definition) is 2. The van der Waals surface area contributed by atoms with Gasteiger partial charge in [-0.1, -0.05) is 31.8 Å². The van der Waals surface area contributed by atoms with Crippen molar-refractivity contribution in [1.29, 1.82) is 0 Å². The van der Waals surface area contributed by atoms with Crippen molar-refractivity contribution in [2.24, 2.45) is 10.9 Å². The summed E-state index contributed by atoms with van der Waals surface area (Å²) in [5.41, 5.74) is -0.420. The van der Waals surface area contributed by atoms with Crippen LogP contribution in [0.25, 0.3) is 0 Å². The van der Waals surface area contributed by atoms with Crippen molar-refractivity contribution >= 4 is 35.8 Å². The Labute approximate surface area is 192 Å². The molecule has 5 nitrogen and oxygen atoms in total. The van der Waals surface area contributed by atoms with Gasteiger partial charge in [-0.15, -0.1) is 24.0 Å². The summed E-state index contributed by atoms with van der Waals surface area (Å²) >= 11 is 0. The number of carbonyl (C=O) groups excluding carboxylic acids is 1. The molecule has 166 valence electrons. The lowest BCUT2D eigenvalue weighted by Gasteiger charge is -2.20. The van der Waals surface area contributed by atoms with E-state index in [1.54, 1.807) is 0 Å². The van der Waals surface area contributed by atoms with E-state index < -0.39 is 11.7 Å². The summed E-state index contributed by atoms with van der Waals surface area (Å²) in [6, 6.07) is 5.03. The molecule has 0 radical (unpaired) electrons. The minimum Gasteiger partial charge on any atom is -0.357 e. The van der Waals surface area contributed by atoms with Gasteiger partial charge in [0.1, 0.15) is 6.54 Å².